The van der Waals surface area contributed by atoms with Crippen molar-refractivity contribution in [3.05, 3.63) is 12.4 Å². The first kappa shape index (κ1) is 12.9. The summed E-state index contributed by atoms with van der Waals surface area (Å²) in [5.74, 6) is -0.724. The standard InChI is InChI=1S/C8H14FNO4/c1-6(9)4-10(8(11)12)5-7(13-2)14-3/h7H,1,4-5H2,2-3H3,(H,11,12). The van der Waals surface area contributed by atoms with Crippen molar-refractivity contribution in [2.45, 2.75) is 6.29 Å². The van der Waals surface area contributed by atoms with Gasteiger partial charge in [0.25, 0.3) is 0 Å². The highest BCUT2D eigenvalue weighted by atomic mass is 19.1. The summed E-state index contributed by atoms with van der Waals surface area (Å²) in [5, 5.41) is 8.67. The Bertz CT molecular complexity index is 206. The van der Waals surface area contributed by atoms with Crippen LogP contribution in [0.2, 0.25) is 0 Å². The fraction of sp³-hybridized carbons (Fsp3) is 0.625. The lowest BCUT2D eigenvalue weighted by molar-refractivity contribution is -0.112. The Labute approximate surface area is 81.7 Å². The molecule has 0 rings (SSSR count). The fourth-order valence-corrected chi connectivity index (χ4v) is 0.843. The van der Waals surface area contributed by atoms with Crippen LogP contribution in [0.5, 0.6) is 0 Å². The van der Waals surface area contributed by atoms with Crippen LogP contribution in [0.4, 0.5) is 9.18 Å². The third kappa shape index (κ3) is 4.78. The summed E-state index contributed by atoms with van der Waals surface area (Å²) >= 11 is 0. The predicted octanol–water partition coefficient (Wildman–Crippen LogP) is 1.07. The molecule has 0 saturated heterocycles. The van der Waals surface area contributed by atoms with E-state index in [1.54, 1.807) is 0 Å². The molecular weight excluding hydrogens is 193 g/mol. The number of rotatable bonds is 6. The molecule has 0 saturated carbocycles. The molecule has 0 aromatic heterocycles. The molecule has 0 fully saturated rings. The summed E-state index contributed by atoms with van der Waals surface area (Å²) in [7, 11) is 2.75. The maximum absolute atomic E-state index is 12.4. The lowest BCUT2D eigenvalue weighted by Gasteiger charge is -2.22. The van der Waals surface area contributed by atoms with E-state index in [1.165, 1.54) is 14.2 Å². The molecule has 0 unspecified atom stereocenters. The lowest BCUT2D eigenvalue weighted by atomic mass is 10.4. The predicted molar refractivity (Wildman–Crippen MR) is 47.7 cm³/mol. The zero-order chi connectivity index (χ0) is 11.1. The first-order chi connectivity index (χ1) is 6.51. The summed E-state index contributed by atoms with van der Waals surface area (Å²) < 4.78 is 22.0. The average molecular weight is 207 g/mol. The highest BCUT2D eigenvalue weighted by Gasteiger charge is 2.18. The van der Waals surface area contributed by atoms with E-state index in [-0.39, 0.29) is 13.1 Å². The monoisotopic (exact) mass is 207 g/mol. The second-order valence-electron chi connectivity index (χ2n) is 2.58. The van der Waals surface area contributed by atoms with E-state index in [1.807, 2.05) is 0 Å². The van der Waals surface area contributed by atoms with Gasteiger partial charge in [0, 0.05) is 14.2 Å². The summed E-state index contributed by atoms with van der Waals surface area (Å²) in [6.07, 6.45) is -1.95. The molecule has 1 N–H and O–H groups in total. The van der Waals surface area contributed by atoms with Crippen LogP contribution in [-0.2, 0) is 9.47 Å². The zero-order valence-electron chi connectivity index (χ0n) is 8.20. The normalized spacial score (nSPS) is 10.3. The minimum atomic E-state index is -1.25. The van der Waals surface area contributed by atoms with E-state index in [2.05, 4.69) is 6.58 Å². The Morgan fingerprint density at radius 2 is 2.07 bits per heavy atom. The van der Waals surface area contributed by atoms with Gasteiger partial charge in [-0.3, -0.25) is 4.90 Å². The van der Waals surface area contributed by atoms with Gasteiger partial charge in [0.05, 0.1) is 13.1 Å². The number of carbonyl (C=O) groups is 1. The van der Waals surface area contributed by atoms with Crippen LogP contribution in [0.3, 0.4) is 0 Å². The smallest absolute Gasteiger partial charge is 0.407 e. The van der Waals surface area contributed by atoms with Gasteiger partial charge in [-0.05, 0) is 0 Å². The second kappa shape index (κ2) is 6.33. The first-order valence-electron chi connectivity index (χ1n) is 3.88. The van der Waals surface area contributed by atoms with E-state index < -0.39 is 18.2 Å². The third-order valence-electron chi connectivity index (χ3n) is 1.53. The van der Waals surface area contributed by atoms with Crippen molar-refractivity contribution in [2.24, 2.45) is 0 Å². The Morgan fingerprint density at radius 3 is 2.36 bits per heavy atom. The van der Waals surface area contributed by atoms with Gasteiger partial charge in [0.15, 0.2) is 6.29 Å². The molecule has 0 spiro atoms. The average Bonchev–Trinajstić information content (AvgIpc) is 2.11. The quantitative estimate of drug-likeness (QED) is 0.662. The first-order valence-corrected chi connectivity index (χ1v) is 3.88. The minimum absolute atomic E-state index is 0.0642. The van der Waals surface area contributed by atoms with Gasteiger partial charge in [-0.2, -0.15) is 0 Å². The van der Waals surface area contributed by atoms with Crippen molar-refractivity contribution >= 4 is 6.09 Å². The van der Waals surface area contributed by atoms with Crippen molar-refractivity contribution in [2.75, 3.05) is 27.3 Å². The van der Waals surface area contributed by atoms with E-state index in [0.29, 0.717) is 0 Å². The second-order valence-corrected chi connectivity index (χ2v) is 2.58. The Balaban J connectivity index is 4.21. The van der Waals surface area contributed by atoms with Crippen LogP contribution in [-0.4, -0.2) is 49.7 Å². The molecule has 0 aromatic carbocycles. The number of hydrogen-bond acceptors (Lipinski definition) is 3. The van der Waals surface area contributed by atoms with E-state index in [4.69, 9.17) is 14.6 Å². The molecule has 6 heteroatoms. The van der Waals surface area contributed by atoms with Gasteiger partial charge >= 0.3 is 6.09 Å². The number of ether oxygens (including phenoxy) is 2. The number of methoxy groups -OCH3 is 2. The molecule has 1 amide bonds. The molecule has 14 heavy (non-hydrogen) atoms. The van der Waals surface area contributed by atoms with Crippen LogP contribution in [0.1, 0.15) is 0 Å². The van der Waals surface area contributed by atoms with Gasteiger partial charge < -0.3 is 14.6 Å². The summed E-state index contributed by atoms with van der Waals surface area (Å²) in [4.78, 5) is 11.4. The highest BCUT2D eigenvalue weighted by molar-refractivity contribution is 5.65. The molecule has 0 aliphatic carbocycles. The number of halogens is 1. The molecule has 0 heterocycles. The van der Waals surface area contributed by atoms with E-state index >= 15 is 0 Å². The molecule has 82 valence electrons. The van der Waals surface area contributed by atoms with Gasteiger partial charge in [0.2, 0.25) is 0 Å². The highest BCUT2D eigenvalue weighted by Crippen LogP contribution is 2.02. The minimum Gasteiger partial charge on any atom is -0.465 e. The molecule has 0 atom stereocenters. The van der Waals surface area contributed by atoms with Crippen LogP contribution < -0.4 is 0 Å². The van der Waals surface area contributed by atoms with Crippen LogP contribution in [0.25, 0.3) is 0 Å². The van der Waals surface area contributed by atoms with Crippen LogP contribution in [0, 0.1) is 0 Å². The van der Waals surface area contributed by atoms with Crippen molar-refractivity contribution in [3.8, 4) is 0 Å². The Hall–Kier alpha value is -1.14. The molecule has 0 bridgehead atoms. The van der Waals surface area contributed by atoms with Crippen molar-refractivity contribution < 1.29 is 23.8 Å². The van der Waals surface area contributed by atoms with Gasteiger partial charge in [-0.1, -0.05) is 6.58 Å². The fourth-order valence-electron chi connectivity index (χ4n) is 0.843. The van der Waals surface area contributed by atoms with E-state index in [9.17, 15) is 9.18 Å². The number of amides is 1. The largest absolute Gasteiger partial charge is 0.465 e. The van der Waals surface area contributed by atoms with Crippen LogP contribution in [0.15, 0.2) is 12.4 Å². The maximum Gasteiger partial charge on any atom is 0.407 e. The van der Waals surface area contributed by atoms with Gasteiger partial charge in [-0.25, -0.2) is 9.18 Å². The Kier molecular flexibility index (Phi) is 5.82. The molecule has 0 aliphatic rings. The van der Waals surface area contributed by atoms with Gasteiger partial charge in [0.1, 0.15) is 5.83 Å². The molecule has 0 aromatic rings. The van der Waals surface area contributed by atoms with Gasteiger partial charge in [-0.15, -0.1) is 0 Å². The maximum atomic E-state index is 12.4. The number of carboxylic acid groups (broad SMARTS) is 1. The lowest BCUT2D eigenvalue weighted by Crippen LogP contribution is -2.38. The van der Waals surface area contributed by atoms with E-state index in [0.717, 1.165) is 4.90 Å². The van der Waals surface area contributed by atoms with Crippen molar-refractivity contribution in [1.29, 1.82) is 0 Å². The molecule has 5 nitrogen and oxygen atoms in total. The summed E-state index contributed by atoms with van der Waals surface area (Å²) in [6, 6.07) is 0. The van der Waals surface area contributed by atoms with Crippen LogP contribution >= 0.6 is 0 Å². The third-order valence-corrected chi connectivity index (χ3v) is 1.53. The van der Waals surface area contributed by atoms with Crippen molar-refractivity contribution in [1.82, 2.24) is 4.90 Å². The molecular formula is C8H14FNO4. The zero-order valence-corrected chi connectivity index (χ0v) is 8.20. The number of hydrogen-bond donors (Lipinski definition) is 1. The van der Waals surface area contributed by atoms with Crippen molar-refractivity contribution in [3.63, 3.8) is 0 Å². The number of nitrogens with zero attached hydrogens (tertiary/aromatic N) is 1. The topological polar surface area (TPSA) is 59.0 Å². The summed E-state index contributed by atoms with van der Waals surface area (Å²) in [5.41, 5.74) is 0. The summed E-state index contributed by atoms with van der Waals surface area (Å²) in [6.45, 7) is 2.54. The molecule has 0 radical (unpaired) electrons. The Morgan fingerprint density at radius 1 is 1.57 bits per heavy atom. The molecule has 0 aliphatic heterocycles. The SMILES string of the molecule is C=C(F)CN(CC(OC)OC)C(=O)O.